The first-order valence-electron chi connectivity index (χ1n) is 7.32. The average Bonchev–Trinajstić information content (AvgIpc) is 3.00. The van der Waals surface area contributed by atoms with Crippen LogP contribution >= 0.6 is 0 Å². The van der Waals surface area contributed by atoms with E-state index >= 15 is 0 Å². The monoisotopic (exact) mass is 290 g/mol. The number of nitrogens with zero attached hydrogens (tertiary/aromatic N) is 1. The lowest BCUT2D eigenvalue weighted by Crippen LogP contribution is -2.46. The second kappa shape index (κ2) is 7.78. The fraction of sp³-hybridized carbons (Fsp3) is 0.500. The molecular weight excluding hydrogens is 268 g/mol. The number of amides is 2. The quantitative estimate of drug-likeness (QED) is 0.850. The Morgan fingerprint density at radius 3 is 2.71 bits per heavy atom. The minimum atomic E-state index is -0.186. The van der Waals surface area contributed by atoms with Crippen LogP contribution in [0.5, 0.6) is 0 Å². The smallest absolute Gasteiger partial charge is 0.242 e. The molecule has 0 bridgehead atoms. The molecule has 2 rings (SSSR count). The number of ether oxygens (including phenoxy) is 1. The van der Waals surface area contributed by atoms with Crippen molar-refractivity contribution in [3.63, 3.8) is 0 Å². The summed E-state index contributed by atoms with van der Waals surface area (Å²) >= 11 is 0. The number of carbonyl (C=O) groups excluding carboxylic acids is 2. The van der Waals surface area contributed by atoms with E-state index in [1.165, 1.54) is 12.5 Å². The van der Waals surface area contributed by atoms with E-state index in [1.807, 2.05) is 23.1 Å². The van der Waals surface area contributed by atoms with E-state index in [9.17, 15) is 9.59 Å². The number of carbonyl (C=O) groups is 2. The lowest BCUT2D eigenvalue weighted by Gasteiger charge is -2.28. The fourth-order valence-electron chi connectivity index (χ4n) is 2.47. The average molecular weight is 290 g/mol. The molecule has 1 atom stereocenters. The van der Waals surface area contributed by atoms with Crippen molar-refractivity contribution in [3.05, 3.63) is 35.9 Å². The Bertz CT molecular complexity index is 470. The summed E-state index contributed by atoms with van der Waals surface area (Å²) in [7, 11) is 0. The van der Waals surface area contributed by atoms with Crippen LogP contribution in [-0.4, -0.2) is 49.1 Å². The number of hydrogen-bond acceptors (Lipinski definition) is 3. The third kappa shape index (κ3) is 4.86. The van der Waals surface area contributed by atoms with E-state index in [0.29, 0.717) is 19.8 Å². The highest BCUT2D eigenvalue weighted by Crippen LogP contribution is 2.14. The number of rotatable bonds is 6. The first kappa shape index (κ1) is 15.5. The van der Waals surface area contributed by atoms with E-state index in [0.717, 1.165) is 12.8 Å². The molecule has 1 aliphatic rings. The van der Waals surface area contributed by atoms with Crippen molar-refractivity contribution in [2.45, 2.75) is 25.8 Å². The van der Waals surface area contributed by atoms with Gasteiger partial charge in [-0.1, -0.05) is 30.3 Å². The minimum Gasteiger partial charge on any atom is -0.379 e. The summed E-state index contributed by atoms with van der Waals surface area (Å²) in [6, 6.07) is 10.2. The molecule has 1 aromatic carbocycles. The topological polar surface area (TPSA) is 58.6 Å². The van der Waals surface area contributed by atoms with Crippen LogP contribution in [0.15, 0.2) is 30.3 Å². The molecule has 114 valence electrons. The molecule has 1 aromatic rings. The molecule has 0 aliphatic carbocycles. The maximum Gasteiger partial charge on any atom is 0.242 e. The molecule has 1 fully saturated rings. The number of nitrogens with one attached hydrogen (secondary N) is 1. The van der Waals surface area contributed by atoms with Crippen molar-refractivity contribution < 1.29 is 14.3 Å². The van der Waals surface area contributed by atoms with Gasteiger partial charge in [-0.2, -0.15) is 0 Å². The maximum absolute atomic E-state index is 12.3. The standard InChI is InChI=1S/C16H22N2O3/c1-13(19)17-11-16(20)18(15-8-10-21-12-15)9-7-14-5-3-2-4-6-14/h2-6,15H,7-12H2,1H3,(H,17,19)/t15-/m0/s1. The van der Waals surface area contributed by atoms with Gasteiger partial charge in [0.2, 0.25) is 11.8 Å². The third-order valence-electron chi connectivity index (χ3n) is 3.64. The molecule has 0 radical (unpaired) electrons. The van der Waals surface area contributed by atoms with Gasteiger partial charge in [0.25, 0.3) is 0 Å². The summed E-state index contributed by atoms with van der Waals surface area (Å²) < 4.78 is 5.38. The van der Waals surface area contributed by atoms with Gasteiger partial charge in [-0.3, -0.25) is 9.59 Å². The second-order valence-electron chi connectivity index (χ2n) is 5.25. The van der Waals surface area contributed by atoms with E-state index in [-0.39, 0.29) is 24.4 Å². The number of benzene rings is 1. The Morgan fingerprint density at radius 2 is 2.10 bits per heavy atom. The lowest BCUT2D eigenvalue weighted by molar-refractivity contribution is -0.134. The Morgan fingerprint density at radius 1 is 1.33 bits per heavy atom. The molecule has 1 heterocycles. The molecular formula is C16H22N2O3. The fourth-order valence-corrected chi connectivity index (χ4v) is 2.47. The van der Waals surface area contributed by atoms with Gasteiger partial charge in [0.15, 0.2) is 0 Å². The van der Waals surface area contributed by atoms with Crippen LogP contribution in [0.1, 0.15) is 18.9 Å². The van der Waals surface area contributed by atoms with Gasteiger partial charge in [0.1, 0.15) is 0 Å². The molecule has 0 aromatic heterocycles. The predicted molar refractivity (Wildman–Crippen MR) is 79.8 cm³/mol. The molecule has 0 spiro atoms. The van der Waals surface area contributed by atoms with Crippen LogP contribution in [0.3, 0.4) is 0 Å². The van der Waals surface area contributed by atoms with Gasteiger partial charge in [-0.25, -0.2) is 0 Å². The van der Waals surface area contributed by atoms with Gasteiger partial charge >= 0.3 is 0 Å². The summed E-state index contributed by atoms with van der Waals surface area (Å²) in [6.07, 6.45) is 1.67. The van der Waals surface area contributed by atoms with Crippen molar-refractivity contribution in [2.75, 3.05) is 26.3 Å². The van der Waals surface area contributed by atoms with Crippen molar-refractivity contribution in [1.82, 2.24) is 10.2 Å². The maximum atomic E-state index is 12.3. The Kier molecular flexibility index (Phi) is 5.75. The summed E-state index contributed by atoms with van der Waals surface area (Å²) in [5, 5.41) is 2.58. The zero-order chi connectivity index (χ0) is 15.1. The first-order valence-corrected chi connectivity index (χ1v) is 7.32. The second-order valence-corrected chi connectivity index (χ2v) is 5.25. The molecule has 5 nitrogen and oxygen atoms in total. The molecule has 21 heavy (non-hydrogen) atoms. The highest BCUT2D eigenvalue weighted by Gasteiger charge is 2.26. The predicted octanol–water partition coefficient (Wildman–Crippen LogP) is 0.983. The van der Waals surface area contributed by atoms with Crippen molar-refractivity contribution in [1.29, 1.82) is 0 Å². The SMILES string of the molecule is CC(=O)NCC(=O)N(CCc1ccccc1)[C@H]1CCOC1. The summed E-state index contributed by atoms with van der Waals surface area (Å²) in [4.78, 5) is 25.1. The van der Waals surface area contributed by atoms with Crippen LogP contribution in [0.25, 0.3) is 0 Å². The Balaban J connectivity index is 1.94. The molecule has 1 N–H and O–H groups in total. The van der Waals surface area contributed by atoms with E-state index in [1.54, 1.807) is 0 Å². The summed E-state index contributed by atoms with van der Waals surface area (Å²) in [5.41, 5.74) is 1.20. The highest BCUT2D eigenvalue weighted by molar-refractivity contribution is 5.83. The molecule has 0 unspecified atom stereocenters. The van der Waals surface area contributed by atoms with E-state index in [2.05, 4.69) is 17.4 Å². The molecule has 1 saturated heterocycles. The summed E-state index contributed by atoms with van der Waals surface area (Å²) in [6.45, 7) is 3.40. The van der Waals surface area contributed by atoms with Gasteiger partial charge in [0.05, 0.1) is 19.2 Å². The van der Waals surface area contributed by atoms with Crippen molar-refractivity contribution in [2.24, 2.45) is 0 Å². The zero-order valence-electron chi connectivity index (χ0n) is 12.4. The van der Waals surface area contributed by atoms with Crippen LogP contribution in [0.2, 0.25) is 0 Å². The largest absolute Gasteiger partial charge is 0.379 e. The Labute approximate surface area is 125 Å². The minimum absolute atomic E-state index is 0.0448. The molecule has 5 heteroatoms. The van der Waals surface area contributed by atoms with Crippen molar-refractivity contribution >= 4 is 11.8 Å². The molecule has 1 aliphatic heterocycles. The van der Waals surface area contributed by atoms with Crippen molar-refractivity contribution in [3.8, 4) is 0 Å². The third-order valence-corrected chi connectivity index (χ3v) is 3.64. The Hall–Kier alpha value is -1.88. The normalized spacial score (nSPS) is 17.5. The number of hydrogen-bond donors (Lipinski definition) is 1. The van der Waals surface area contributed by atoms with Crippen LogP contribution in [0, 0.1) is 0 Å². The molecule has 2 amide bonds. The lowest BCUT2D eigenvalue weighted by atomic mass is 10.1. The van der Waals surface area contributed by atoms with Gasteiger partial charge in [0, 0.05) is 20.1 Å². The van der Waals surface area contributed by atoms with Crippen LogP contribution in [-0.2, 0) is 20.7 Å². The van der Waals surface area contributed by atoms with E-state index < -0.39 is 0 Å². The first-order chi connectivity index (χ1) is 10.2. The van der Waals surface area contributed by atoms with Gasteiger partial charge in [-0.15, -0.1) is 0 Å². The van der Waals surface area contributed by atoms with Gasteiger partial charge in [-0.05, 0) is 18.4 Å². The van der Waals surface area contributed by atoms with Crippen LogP contribution in [0.4, 0.5) is 0 Å². The highest BCUT2D eigenvalue weighted by atomic mass is 16.5. The summed E-state index contributed by atoms with van der Waals surface area (Å²) in [5.74, 6) is -0.231. The van der Waals surface area contributed by atoms with Gasteiger partial charge < -0.3 is 15.0 Å². The molecule has 0 saturated carbocycles. The van der Waals surface area contributed by atoms with E-state index in [4.69, 9.17) is 4.74 Å². The van der Waals surface area contributed by atoms with Crippen LogP contribution < -0.4 is 5.32 Å². The zero-order valence-corrected chi connectivity index (χ0v) is 12.4.